The third kappa shape index (κ3) is 5.24. The molecular weight excluding hydrogens is 404 g/mol. The summed E-state index contributed by atoms with van der Waals surface area (Å²) in [5.41, 5.74) is 8.15. The van der Waals surface area contributed by atoms with Crippen LogP contribution in [-0.2, 0) is 5.75 Å². The van der Waals surface area contributed by atoms with Gasteiger partial charge in [-0.2, -0.15) is 0 Å². The molecule has 0 radical (unpaired) electrons. The summed E-state index contributed by atoms with van der Waals surface area (Å²) in [5, 5.41) is 4.39. The lowest BCUT2D eigenvalue weighted by molar-refractivity contribution is 0.0715. The van der Waals surface area contributed by atoms with Gasteiger partial charge in [-0.3, -0.25) is 4.79 Å². The Balaban J connectivity index is 1.32. The lowest BCUT2D eigenvalue weighted by Crippen LogP contribution is -2.45. The number of hydrogen-bond donors (Lipinski definition) is 2. The number of benzene rings is 1. The van der Waals surface area contributed by atoms with Crippen molar-refractivity contribution in [3.8, 4) is 0 Å². The Morgan fingerprint density at radius 1 is 1.24 bits per heavy atom. The first-order valence-electron chi connectivity index (χ1n) is 9.41. The topological polar surface area (TPSA) is 97.0 Å². The maximum absolute atomic E-state index is 12.8. The van der Waals surface area contributed by atoms with E-state index in [1.807, 2.05) is 23.5 Å². The van der Waals surface area contributed by atoms with Crippen molar-refractivity contribution in [2.45, 2.75) is 28.8 Å². The molecule has 1 aliphatic rings. The molecule has 7 nitrogen and oxygen atoms in total. The largest absolute Gasteiger partial charge is 0.399 e. The Morgan fingerprint density at radius 2 is 2.03 bits per heavy atom. The van der Waals surface area contributed by atoms with Crippen LogP contribution >= 0.6 is 23.1 Å². The Labute approximate surface area is 177 Å². The van der Waals surface area contributed by atoms with Crippen LogP contribution in [0, 0.1) is 0 Å². The summed E-state index contributed by atoms with van der Waals surface area (Å²) in [4.78, 5) is 27.2. The Kier molecular flexibility index (Phi) is 6.26. The number of amides is 1. The van der Waals surface area contributed by atoms with E-state index in [4.69, 9.17) is 5.73 Å². The van der Waals surface area contributed by atoms with Crippen LogP contribution in [0.4, 0.5) is 10.8 Å². The summed E-state index contributed by atoms with van der Waals surface area (Å²) in [6.45, 7) is 1.45. The van der Waals surface area contributed by atoms with Gasteiger partial charge in [0.1, 0.15) is 6.33 Å². The SMILES string of the molecule is Nc1ccc(C(=O)N2CCC[C@@H](Nc3ncc(SCc4cncnc4)s3)C2)cc1. The third-order valence-electron chi connectivity index (χ3n) is 4.67. The van der Waals surface area contributed by atoms with Crippen LogP contribution in [0.3, 0.4) is 0 Å². The number of rotatable bonds is 6. The maximum Gasteiger partial charge on any atom is 0.253 e. The zero-order chi connectivity index (χ0) is 20.1. The number of likely N-dealkylation sites (tertiary alicyclic amines) is 1. The number of carbonyl (C=O) groups is 1. The standard InChI is InChI=1S/C20H22N6OS2/c21-16-5-3-15(4-6-16)19(27)26-7-1-2-17(11-26)25-20-24-10-18(29-20)28-12-14-8-22-13-23-9-14/h3-6,8-10,13,17H,1-2,7,11-12,21H2,(H,24,25)/t17-/m1/s1. The highest BCUT2D eigenvalue weighted by Crippen LogP contribution is 2.31. The van der Waals surface area contributed by atoms with Crippen LogP contribution in [0.2, 0.25) is 0 Å². The first-order valence-corrected chi connectivity index (χ1v) is 11.2. The number of nitrogen functional groups attached to an aromatic ring is 1. The zero-order valence-corrected chi connectivity index (χ0v) is 17.5. The molecule has 29 heavy (non-hydrogen) atoms. The fraction of sp³-hybridized carbons (Fsp3) is 0.300. The molecule has 150 valence electrons. The van der Waals surface area contributed by atoms with Gasteiger partial charge in [0, 0.05) is 48.5 Å². The fourth-order valence-electron chi connectivity index (χ4n) is 3.21. The van der Waals surface area contributed by atoms with Crippen molar-refractivity contribution in [3.63, 3.8) is 0 Å². The molecule has 1 saturated heterocycles. The first-order chi connectivity index (χ1) is 14.2. The van der Waals surface area contributed by atoms with Crippen LogP contribution in [0.1, 0.15) is 28.8 Å². The van der Waals surface area contributed by atoms with Gasteiger partial charge in [-0.05, 0) is 42.7 Å². The average Bonchev–Trinajstić information content (AvgIpc) is 3.20. The second kappa shape index (κ2) is 9.23. The summed E-state index contributed by atoms with van der Waals surface area (Å²) in [7, 11) is 0. The van der Waals surface area contributed by atoms with Crippen LogP contribution in [0.25, 0.3) is 0 Å². The van der Waals surface area contributed by atoms with Gasteiger partial charge in [0.2, 0.25) is 0 Å². The number of anilines is 2. The predicted octanol–water partition coefficient (Wildman–Crippen LogP) is 3.52. The first kappa shape index (κ1) is 19.7. The summed E-state index contributed by atoms with van der Waals surface area (Å²) >= 11 is 3.36. The van der Waals surface area contributed by atoms with Gasteiger partial charge in [-0.15, -0.1) is 11.8 Å². The number of piperidine rings is 1. The molecule has 0 aliphatic carbocycles. The van der Waals surface area contributed by atoms with Gasteiger partial charge in [-0.25, -0.2) is 15.0 Å². The van der Waals surface area contributed by atoms with Gasteiger partial charge >= 0.3 is 0 Å². The number of carbonyl (C=O) groups excluding carboxylic acids is 1. The van der Waals surface area contributed by atoms with Crippen molar-refractivity contribution >= 4 is 39.8 Å². The average molecular weight is 427 g/mol. The van der Waals surface area contributed by atoms with Crippen LogP contribution in [-0.4, -0.2) is 44.9 Å². The molecule has 0 spiro atoms. The van der Waals surface area contributed by atoms with E-state index in [0.717, 1.165) is 40.0 Å². The normalized spacial score (nSPS) is 16.6. The Hall–Kier alpha value is -2.65. The minimum Gasteiger partial charge on any atom is -0.399 e. The van der Waals surface area contributed by atoms with E-state index in [0.29, 0.717) is 17.8 Å². The second-order valence-corrected chi connectivity index (χ2v) is 9.18. The molecule has 4 rings (SSSR count). The third-order valence-corrected chi connectivity index (χ3v) is 6.87. The number of nitrogens with one attached hydrogen (secondary N) is 1. The molecule has 3 aromatic rings. The molecule has 0 saturated carbocycles. The number of thioether (sulfide) groups is 1. The molecule has 3 N–H and O–H groups in total. The van der Waals surface area contributed by atoms with Crippen LogP contribution < -0.4 is 11.1 Å². The molecule has 1 atom stereocenters. The molecule has 3 heterocycles. The summed E-state index contributed by atoms with van der Waals surface area (Å²) in [6, 6.07) is 7.31. The molecular formula is C20H22N6OS2. The summed E-state index contributed by atoms with van der Waals surface area (Å²) in [6.07, 6.45) is 9.08. The van der Waals surface area contributed by atoms with Crippen molar-refractivity contribution in [3.05, 3.63) is 60.3 Å². The van der Waals surface area contributed by atoms with Gasteiger partial charge < -0.3 is 16.0 Å². The Morgan fingerprint density at radius 3 is 2.83 bits per heavy atom. The molecule has 0 bridgehead atoms. The monoisotopic (exact) mass is 426 g/mol. The van der Waals surface area contributed by atoms with Gasteiger partial charge in [0.25, 0.3) is 5.91 Å². The molecule has 1 amide bonds. The van der Waals surface area contributed by atoms with Crippen LogP contribution in [0.5, 0.6) is 0 Å². The highest BCUT2D eigenvalue weighted by Gasteiger charge is 2.25. The van der Waals surface area contributed by atoms with E-state index >= 15 is 0 Å². The van der Waals surface area contributed by atoms with E-state index in [1.165, 1.54) is 6.33 Å². The highest BCUT2D eigenvalue weighted by atomic mass is 32.2. The summed E-state index contributed by atoms with van der Waals surface area (Å²) < 4.78 is 1.14. The predicted molar refractivity (Wildman–Crippen MR) is 117 cm³/mol. The van der Waals surface area contributed by atoms with Crippen molar-refractivity contribution in [1.82, 2.24) is 19.9 Å². The fourth-order valence-corrected chi connectivity index (χ4v) is 5.08. The molecule has 1 aliphatic heterocycles. The van der Waals surface area contributed by atoms with Crippen molar-refractivity contribution in [2.24, 2.45) is 0 Å². The van der Waals surface area contributed by atoms with E-state index in [-0.39, 0.29) is 11.9 Å². The zero-order valence-electron chi connectivity index (χ0n) is 15.8. The van der Waals surface area contributed by atoms with Gasteiger partial charge in [0.15, 0.2) is 5.13 Å². The molecule has 9 heteroatoms. The van der Waals surface area contributed by atoms with E-state index in [1.54, 1.807) is 47.4 Å². The van der Waals surface area contributed by atoms with Gasteiger partial charge in [0.05, 0.1) is 10.4 Å². The Bertz CT molecular complexity index is 947. The lowest BCUT2D eigenvalue weighted by Gasteiger charge is -2.33. The lowest BCUT2D eigenvalue weighted by atomic mass is 10.0. The van der Waals surface area contributed by atoms with Crippen molar-refractivity contribution in [1.29, 1.82) is 0 Å². The van der Waals surface area contributed by atoms with Crippen LogP contribution in [0.15, 0.2) is 53.4 Å². The second-order valence-electron chi connectivity index (χ2n) is 6.88. The van der Waals surface area contributed by atoms with E-state index in [9.17, 15) is 4.79 Å². The minimum absolute atomic E-state index is 0.0527. The molecule has 1 fully saturated rings. The highest BCUT2D eigenvalue weighted by molar-refractivity contribution is 8.00. The van der Waals surface area contributed by atoms with Crippen molar-refractivity contribution in [2.75, 3.05) is 24.1 Å². The molecule has 1 aromatic carbocycles. The number of hydrogen-bond acceptors (Lipinski definition) is 8. The number of nitrogens with two attached hydrogens (primary N) is 1. The number of thiazole rings is 1. The number of aromatic nitrogens is 3. The quantitative estimate of drug-likeness (QED) is 0.460. The van der Waals surface area contributed by atoms with E-state index < -0.39 is 0 Å². The van der Waals surface area contributed by atoms with Gasteiger partial charge in [-0.1, -0.05) is 11.3 Å². The number of nitrogens with zero attached hydrogens (tertiary/aromatic N) is 4. The van der Waals surface area contributed by atoms with Crippen molar-refractivity contribution < 1.29 is 4.79 Å². The van der Waals surface area contributed by atoms with E-state index in [2.05, 4.69) is 20.3 Å². The molecule has 0 unspecified atom stereocenters. The maximum atomic E-state index is 12.8. The summed E-state index contributed by atoms with van der Waals surface area (Å²) in [5.74, 6) is 0.868. The minimum atomic E-state index is 0.0527. The smallest absolute Gasteiger partial charge is 0.253 e. The molecule has 2 aromatic heterocycles.